The van der Waals surface area contributed by atoms with Crippen molar-refractivity contribution in [3.63, 3.8) is 0 Å². The Kier molecular flexibility index (Phi) is 4.27. The number of nitrogens with zero attached hydrogens (tertiary/aromatic N) is 1. The lowest BCUT2D eigenvalue weighted by molar-refractivity contribution is -0.120. The van der Waals surface area contributed by atoms with Gasteiger partial charge in [0.1, 0.15) is 11.4 Å². The first-order valence-corrected chi connectivity index (χ1v) is 8.55. The van der Waals surface area contributed by atoms with Crippen molar-refractivity contribution in [3.05, 3.63) is 40.5 Å². The maximum Gasteiger partial charge on any atom is 0.254 e. The Morgan fingerprint density at radius 1 is 1.32 bits per heavy atom. The number of hydrogen-bond acceptors (Lipinski definition) is 3. The van der Waals surface area contributed by atoms with Crippen LogP contribution in [0.3, 0.4) is 0 Å². The fourth-order valence-corrected chi connectivity index (χ4v) is 3.50. The molecule has 1 aromatic carbocycles. The molecule has 0 fully saturated rings. The summed E-state index contributed by atoms with van der Waals surface area (Å²) in [5, 5.41) is 2.89. The van der Waals surface area contributed by atoms with Crippen LogP contribution in [-0.2, 0) is 11.2 Å². The van der Waals surface area contributed by atoms with Crippen LogP contribution >= 0.6 is 0 Å². The van der Waals surface area contributed by atoms with Crippen LogP contribution < -0.4 is 10.1 Å². The molecule has 5 heteroatoms. The Bertz CT molecular complexity index is 818. The van der Waals surface area contributed by atoms with Gasteiger partial charge < -0.3 is 10.1 Å². The molecule has 2 aliphatic heterocycles. The van der Waals surface area contributed by atoms with E-state index in [1.807, 2.05) is 39.8 Å². The highest BCUT2D eigenvalue weighted by atomic mass is 16.5. The average molecular weight is 340 g/mol. The number of benzene rings is 1. The number of allylic oxidation sites excluding steroid dienone is 1. The number of carbonyl (C=O) groups is 2. The molecule has 0 bridgehead atoms. The number of dihydropyridines is 1. The maximum atomic E-state index is 12.6. The highest BCUT2D eigenvalue weighted by Gasteiger charge is 2.32. The number of carbonyl (C=O) groups excluding carboxylic acids is 2. The van der Waals surface area contributed by atoms with Gasteiger partial charge in [0.25, 0.3) is 11.8 Å². The monoisotopic (exact) mass is 340 g/mol. The van der Waals surface area contributed by atoms with Crippen LogP contribution in [0.25, 0.3) is 0 Å². The lowest BCUT2D eigenvalue weighted by atomic mass is 9.94. The van der Waals surface area contributed by atoms with E-state index in [-0.39, 0.29) is 29.9 Å². The summed E-state index contributed by atoms with van der Waals surface area (Å²) in [5.41, 5.74) is 4.05. The smallest absolute Gasteiger partial charge is 0.254 e. The Balaban J connectivity index is 1.74. The summed E-state index contributed by atoms with van der Waals surface area (Å²) in [4.78, 5) is 28.7. The Hall–Kier alpha value is -2.43. The quantitative estimate of drug-likeness (QED) is 0.920. The van der Waals surface area contributed by atoms with Crippen molar-refractivity contribution < 1.29 is 14.3 Å². The molecule has 2 heterocycles. The zero-order valence-corrected chi connectivity index (χ0v) is 15.4. The summed E-state index contributed by atoms with van der Waals surface area (Å²) in [7, 11) is 0. The molecule has 2 amide bonds. The van der Waals surface area contributed by atoms with Crippen LogP contribution in [0.5, 0.6) is 5.75 Å². The number of aliphatic imine (C=N–C) groups is 1. The first kappa shape index (κ1) is 17.4. The third-order valence-corrected chi connectivity index (χ3v) is 4.83. The number of hydrogen-bond donors (Lipinski definition) is 1. The molecule has 3 rings (SSSR count). The van der Waals surface area contributed by atoms with E-state index in [1.54, 1.807) is 13.0 Å². The molecule has 1 atom stereocenters. The first-order chi connectivity index (χ1) is 11.7. The molecule has 2 aliphatic rings. The summed E-state index contributed by atoms with van der Waals surface area (Å²) in [6.07, 6.45) is 2.67. The minimum absolute atomic E-state index is 0.170. The number of amides is 2. The van der Waals surface area contributed by atoms with E-state index in [9.17, 15) is 9.59 Å². The molecule has 132 valence electrons. The molecule has 1 N–H and O–H groups in total. The van der Waals surface area contributed by atoms with Crippen LogP contribution in [0.2, 0.25) is 0 Å². The molecule has 5 nitrogen and oxygen atoms in total. The van der Waals surface area contributed by atoms with E-state index in [0.717, 1.165) is 28.9 Å². The summed E-state index contributed by atoms with van der Waals surface area (Å²) < 4.78 is 5.90. The van der Waals surface area contributed by atoms with E-state index in [0.29, 0.717) is 11.3 Å². The normalized spacial score (nSPS) is 21.2. The van der Waals surface area contributed by atoms with Crippen molar-refractivity contribution in [2.45, 2.75) is 46.6 Å². The second-order valence-corrected chi connectivity index (χ2v) is 7.50. The van der Waals surface area contributed by atoms with Crippen molar-refractivity contribution in [2.24, 2.45) is 10.9 Å². The minimum Gasteiger partial charge on any atom is -0.487 e. The minimum atomic E-state index is -0.385. The predicted octanol–water partition coefficient (Wildman–Crippen LogP) is 3.00. The third kappa shape index (κ3) is 3.36. The molecule has 0 spiro atoms. The highest BCUT2D eigenvalue weighted by molar-refractivity contribution is 6.06. The van der Waals surface area contributed by atoms with E-state index >= 15 is 0 Å². The van der Waals surface area contributed by atoms with Crippen molar-refractivity contribution in [1.29, 1.82) is 0 Å². The summed E-state index contributed by atoms with van der Waals surface area (Å²) >= 11 is 0. The van der Waals surface area contributed by atoms with Crippen LogP contribution in [0, 0.1) is 12.8 Å². The number of nitrogens with one attached hydrogen (secondary N) is 1. The third-order valence-electron chi connectivity index (χ3n) is 4.83. The Morgan fingerprint density at radius 3 is 2.72 bits per heavy atom. The van der Waals surface area contributed by atoms with Gasteiger partial charge in [0.15, 0.2) is 0 Å². The van der Waals surface area contributed by atoms with Crippen LogP contribution in [-0.4, -0.2) is 29.7 Å². The van der Waals surface area contributed by atoms with Gasteiger partial charge in [-0.05, 0) is 58.4 Å². The Labute approximate surface area is 148 Å². The van der Waals surface area contributed by atoms with Crippen LogP contribution in [0.15, 0.2) is 28.8 Å². The number of ether oxygens (including phenoxy) is 1. The van der Waals surface area contributed by atoms with Crippen LogP contribution in [0.4, 0.5) is 0 Å². The topological polar surface area (TPSA) is 67.8 Å². The van der Waals surface area contributed by atoms with E-state index in [1.165, 1.54) is 0 Å². The van der Waals surface area contributed by atoms with Gasteiger partial charge in [0.05, 0.1) is 5.92 Å². The first-order valence-electron chi connectivity index (χ1n) is 8.55. The second kappa shape index (κ2) is 6.14. The maximum absolute atomic E-state index is 12.6. The molecule has 1 aromatic rings. The molecule has 0 aromatic heterocycles. The molecule has 25 heavy (non-hydrogen) atoms. The van der Waals surface area contributed by atoms with Crippen molar-refractivity contribution >= 4 is 17.5 Å². The molecule has 0 saturated carbocycles. The van der Waals surface area contributed by atoms with Crippen LogP contribution in [0.1, 0.15) is 49.2 Å². The van der Waals surface area contributed by atoms with Crippen molar-refractivity contribution in [2.75, 3.05) is 6.54 Å². The van der Waals surface area contributed by atoms with E-state index < -0.39 is 0 Å². The van der Waals surface area contributed by atoms with Crippen molar-refractivity contribution in [1.82, 2.24) is 5.32 Å². The number of fused-ring (bicyclic) bond motifs is 1. The Morgan fingerprint density at radius 2 is 2.04 bits per heavy atom. The zero-order chi connectivity index (χ0) is 18.4. The molecular formula is C20H24N2O3. The van der Waals surface area contributed by atoms with E-state index in [4.69, 9.17) is 4.74 Å². The lowest BCUT2D eigenvalue weighted by Gasteiger charge is -2.19. The van der Waals surface area contributed by atoms with Gasteiger partial charge >= 0.3 is 0 Å². The van der Waals surface area contributed by atoms with Gasteiger partial charge in [-0.1, -0.05) is 5.57 Å². The fraction of sp³-hybridized carbons (Fsp3) is 0.450. The van der Waals surface area contributed by atoms with Crippen molar-refractivity contribution in [3.8, 4) is 5.75 Å². The molecule has 0 saturated heterocycles. The van der Waals surface area contributed by atoms with Gasteiger partial charge in [0.2, 0.25) is 0 Å². The van der Waals surface area contributed by atoms with Gasteiger partial charge in [-0.2, -0.15) is 0 Å². The molecule has 0 radical (unpaired) electrons. The molecule has 0 aliphatic carbocycles. The SMILES string of the molecule is CC1=CC(C)=NC(=O)C1CNC(=O)c1ccc2c(c1C)CC(C)(C)O2. The predicted molar refractivity (Wildman–Crippen MR) is 97.3 cm³/mol. The fourth-order valence-electron chi connectivity index (χ4n) is 3.50. The standard InChI is InChI=1S/C20H24N2O3/c1-11-8-12(2)22-19(24)16(11)10-21-18(23)14-6-7-17-15(13(14)3)9-20(4,5)25-17/h6-8,16H,9-10H2,1-5H3,(H,21,23). The second-order valence-electron chi connectivity index (χ2n) is 7.50. The summed E-state index contributed by atoms with van der Waals surface area (Å²) in [6, 6.07) is 3.65. The lowest BCUT2D eigenvalue weighted by Crippen LogP contribution is -2.35. The zero-order valence-electron chi connectivity index (χ0n) is 15.4. The number of rotatable bonds is 3. The summed E-state index contributed by atoms with van der Waals surface area (Å²) in [6.45, 7) is 9.98. The van der Waals surface area contributed by atoms with E-state index in [2.05, 4.69) is 10.3 Å². The average Bonchev–Trinajstić information content (AvgIpc) is 2.81. The van der Waals surface area contributed by atoms with Gasteiger partial charge in [-0.25, -0.2) is 4.99 Å². The largest absolute Gasteiger partial charge is 0.487 e. The highest BCUT2D eigenvalue weighted by Crippen LogP contribution is 2.37. The van der Waals surface area contributed by atoms with Gasteiger partial charge in [-0.3, -0.25) is 9.59 Å². The van der Waals surface area contributed by atoms with Gasteiger partial charge in [0, 0.05) is 29.8 Å². The molecular weight excluding hydrogens is 316 g/mol. The molecule has 1 unspecified atom stereocenters. The summed E-state index contributed by atoms with van der Waals surface area (Å²) in [5.74, 6) is 0.102. The van der Waals surface area contributed by atoms with Gasteiger partial charge in [-0.15, -0.1) is 0 Å².